The molecule has 0 aliphatic rings. The Hall–Kier alpha value is -0.830. The minimum absolute atomic E-state index is 0.393. The van der Waals surface area contributed by atoms with Crippen molar-refractivity contribution in [3.05, 3.63) is 18.7 Å². The fourth-order valence-electron chi connectivity index (χ4n) is 2.59. The second-order valence-corrected chi connectivity index (χ2v) is 5.81. The summed E-state index contributed by atoms with van der Waals surface area (Å²) in [6, 6.07) is 0. The van der Waals surface area contributed by atoms with Crippen LogP contribution in [0, 0.1) is 0 Å². The summed E-state index contributed by atoms with van der Waals surface area (Å²) < 4.78 is 1.77. The largest absolute Gasteiger partial charge is 0.373 e. The van der Waals surface area contributed by atoms with Crippen molar-refractivity contribution >= 4 is 0 Å². The minimum atomic E-state index is -0.393. The van der Waals surface area contributed by atoms with E-state index < -0.39 is 6.23 Å². The van der Waals surface area contributed by atoms with Gasteiger partial charge >= 0.3 is 0 Å². The molecule has 3 nitrogen and oxygen atoms in total. The molecule has 20 heavy (non-hydrogen) atoms. The van der Waals surface area contributed by atoms with Crippen LogP contribution in [0.1, 0.15) is 90.2 Å². The smallest absolute Gasteiger partial charge is 0.131 e. The minimum Gasteiger partial charge on any atom is -0.373 e. The van der Waals surface area contributed by atoms with Gasteiger partial charge in [0.2, 0.25) is 0 Å². The van der Waals surface area contributed by atoms with Crippen LogP contribution < -0.4 is 0 Å². The van der Waals surface area contributed by atoms with E-state index in [2.05, 4.69) is 11.9 Å². The van der Waals surface area contributed by atoms with E-state index in [4.69, 9.17) is 0 Å². The lowest BCUT2D eigenvalue weighted by Gasteiger charge is -2.11. The van der Waals surface area contributed by atoms with Crippen molar-refractivity contribution in [2.45, 2.75) is 90.2 Å². The van der Waals surface area contributed by atoms with E-state index in [9.17, 15) is 5.11 Å². The topological polar surface area (TPSA) is 38.0 Å². The summed E-state index contributed by atoms with van der Waals surface area (Å²) in [5, 5.41) is 9.88. The Morgan fingerprint density at radius 1 is 0.900 bits per heavy atom. The molecule has 0 radical (unpaired) electrons. The monoisotopic (exact) mass is 280 g/mol. The molecule has 0 aliphatic heterocycles. The van der Waals surface area contributed by atoms with Gasteiger partial charge in [0.05, 0.1) is 6.33 Å². The maximum atomic E-state index is 9.88. The molecule has 0 amide bonds. The molecule has 1 aromatic heterocycles. The van der Waals surface area contributed by atoms with E-state index in [-0.39, 0.29) is 0 Å². The first kappa shape index (κ1) is 17.2. The lowest BCUT2D eigenvalue weighted by atomic mass is 10.1. The summed E-state index contributed by atoms with van der Waals surface area (Å²) in [4.78, 5) is 3.95. The Morgan fingerprint density at radius 2 is 1.45 bits per heavy atom. The van der Waals surface area contributed by atoms with Crippen LogP contribution in [0.2, 0.25) is 0 Å². The maximum absolute atomic E-state index is 9.88. The highest BCUT2D eigenvalue weighted by Gasteiger charge is 2.04. The average Bonchev–Trinajstić information content (AvgIpc) is 2.99. The highest BCUT2D eigenvalue weighted by atomic mass is 16.3. The van der Waals surface area contributed by atoms with Crippen LogP contribution in [-0.4, -0.2) is 14.7 Å². The summed E-state index contributed by atoms with van der Waals surface area (Å²) in [5.74, 6) is 0. The molecule has 1 rings (SSSR count). The van der Waals surface area contributed by atoms with Crippen LogP contribution in [-0.2, 0) is 0 Å². The van der Waals surface area contributed by atoms with Gasteiger partial charge in [0.25, 0.3) is 0 Å². The standard InChI is InChI=1S/C17H32N2O/c1-2-3-4-5-6-7-8-9-10-11-12-13-17(20)19-15-14-18-16-19/h14-17,20H,2-13H2,1H3. The van der Waals surface area contributed by atoms with Crippen LogP contribution in [0.25, 0.3) is 0 Å². The molecule has 0 saturated heterocycles. The fraction of sp³-hybridized carbons (Fsp3) is 0.824. The number of hydrogen-bond donors (Lipinski definition) is 1. The Balaban J connectivity index is 1.81. The van der Waals surface area contributed by atoms with Crippen molar-refractivity contribution in [1.29, 1.82) is 0 Å². The average molecular weight is 280 g/mol. The summed E-state index contributed by atoms with van der Waals surface area (Å²) in [6.07, 6.45) is 20.5. The third-order valence-electron chi connectivity index (χ3n) is 3.93. The molecular weight excluding hydrogens is 248 g/mol. The first-order valence-electron chi connectivity index (χ1n) is 8.50. The quantitative estimate of drug-likeness (QED) is 0.512. The second kappa shape index (κ2) is 12.0. The second-order valence-electron chi connectivity index (χ2n) is 5.81. The van der Waals surface area contributed by atoms with Crippen LogP contribution in [0.5, 0.6) is 0 Å². The van der Waals surface area contributed by atoms with Gasteiger partial charge in [0.15, 0.2) is 0 Å². The normalized spacial score (nSPS) is 12.7. The van der Waals surface area contributed by atoms with Gasteiger partial charge in [-0.2, -0.15) is 0 Å². The molecule has 1 heterocycles. The number of hydrogen-bond acceptors (Lipinski definition) is 2. The zero-order valence-corrected chi connectivity index (χ0v) is 13.1. The molecule has 1 atom stereocenters. The number of unbranched alkanes of at least 4 members (excludes halogenated alkanes) is 10. The van der Waals surface area contributed by atoms with E-state index in [1.165, 1.54) is 64.2 Å². The number of imidazole rings is 1. The van der Waals surface area contributed by atoms with Gasteiger partial charge in [-0.1, -0.05) is 71.1 Å². The van der Waals surface area contributed by atoms with Gasteiger partial charge in [-0.25, -0.2) is 4.98 Å². The SMILES string of the molecule is CCCCCCCCCCCCCC(O)n1ccnc1. The molecule has 0 spiro atoms. The molecule has 0 aromatic carbocycles. The summed E-state index contributed by atoms with van der Waals surface area (Å²) >= 11 is 0. The number of rotatable bonds is 13. The van der Waals surface area contributed by atoms with Gasteiger partial charge < -0.3 is 9.67 Å². The van der Waals surface area contributed by atoms with Crippen molar-refractivity contribution in [3.8, 4) is 0 Å². The summed E-state index contributed by atoms with van der Waals surface area (Å²) in [5.41, 5.74) is 0. The molecule has 0 fully saturated rings. The van der Waals surface area contributed by atoms with Crippen LogP contribution in [0.15, 0.2) is 18.7 Å². The lowest BCUT2D eigenvalue weighted by Crippen LogP contribution is -2.05. The number of aromatic nitrogens is 2. The van der Waals surface area contributed by atoms with Crippen molar-refractivity contribution in [2.75, 3.05) is 0 Å². The molecule has 0 saturated carbocycles. The molecule has 116 valence electrons. The van der Waals surface area contributed by atoms with Gasteiger partial charge in [-0.15, -0.1) is 0 Å². The van der Waals surface area contributed by atoms with E-state index in [1.54, 1.807) is 17.1 Å². The third-order valence-corrected chi connectivity index (χ3v) is 3.93. The summed E-state index contributed by atoms with van der Waals surface area (Å²) in [6.45, 7) is 2.27. The zero-order chi connectivity index (χ0) is 14.5. The predicted molar refractivity (Wildman–Crippen MR) is 84.6 cm³/mol. The number of nitrogens with zero attached hydrogens (tertiary/aromatic N) is 2. The maximum Gasteiger partial charge on any atom is 0.131 e. The Bertz CT molecular complexity index is 298. The zero-order valence-electron chi connectivity index (χ0n) is 13.1. The molecule has 1 aromatic rings. The van der Waals surface area contributed by atoms with Crippen LogP contribution in [0.3, 0.4) is 0 Å². The molecule has 0 aliphatic carbocycles. The van der Waals surface area contributed by atoms with Crippen LogP contribution >= 0.6 is 0 Å². The highest BCUT2D eigenvalue weighted by molar-refractivity contribution is 4.76. The fourth-order valence-corrected chi connectivity index (χ4v) is 2.59. The van der Waals surface area contributed by atoms with Crippen molar-refractivity contribution in [1.82, 2.24) is 9.55 Å². The first-order valence-corrected chi connectivity index (χ1v) is 8.50. The molecule has 0 bridgehead atoms. The van der Waals surface area contributed by atoms with Crippen LogP contribution in [0.4, 0.5) is 0 Å². The van der Waals surface area contributed by atoms with Gasteiger partial charge in [-0.05, 0) is 12.8 Å². The molecule has 1 unspecified atom stereocenters. The predicted octanol–water partition coefficient (Wildman–Crippen LogP) is 5.08. The first-order chi connectivity index (χ1) is 9.84. The Kier molecular flexibility index (Phi) is 10.3. The molecule has 3 heteroatoms. The van der Waals surface area contributed by atoms with E-state index in [0.717, 1.165) is 12.8 Å². The van der Waals surface area contributed by atoms with Gasteiger partial charge in [0, 0.05) is 12.4 Å². The van der Waals surface area contributed by atoms with E-state index in [1.807, 2.05) is 6.20 Å². The molecular formula is C17H32N2O. The van der Waals surface area contributed by atoms with E-state index >= 15 is 0 Å². The van der Waals surface area contributed by atoms with E-state index in [0.29, 0.717) is 0 Å². The Morgan fingerprint density at radius 3 is 1.95 bits per heavy atom. The highest BCUT2D eigenvalue weighted by Crippen LogP contribution is 2.15. The molecule has 1 N–H and O–H groups in total. The Labute approximate surface area is 124 Å². The van der Waals surface area contributed by atoms with Crippen molar-refractivity contribution < 1.29 is 5.11 Å². The third kappa shape index (κ3) is 8.36. The van der Waals surface area contributed by atoms with Gasteiger partial charge in [-0.3, -0.25) is 0 Å². The van der Waals surface area contributed by atoms with Crippen molar-refractivity contribution in [3.63, 3.8) is 0 Å². The lowest BCUT2D eigenvalue weighted by molar-refractivity contribution is 0.0912. The van der Waals surface area contributed by atoms with Gasteiger partial charge in [0.1, 0.15) is 6.23 Å². The number of aliphatic hydroxyl groups excluding tert-OH is 1. The van der Waals surface area contributed by atoms with Crippen molar-refractivity contribution in [2.24, 2.45) is 0 Å². The summed E-state index contributed by atoms with van der Waals surface area (Å²) in [7, 11) is 0. The number of aliphatic hydroxyl groups is 1.